The van der Waals surface area contributed by atoms with Crippen LogP contribution in [-0.4, -0.2) is 25.0 Å². The molecule has 0 N–H and O–H groups in total. The Morgan fingerprint density at radius 1 is 0.857 bits per heavy atom. The number of nitrogens with zero attached hydrogens (tertiary/aromatic N) is 1. The smallest absolute Gasteiger partial charge is 0.339 e. The van der Waals surface area contributed by atoms with Gasteiger partial charge in [0.25, 0.3) is 5.91 Å². The second kappa shape index (κ2) is 9.00. The maximum atomic E-state index is 12.7. The van der Waals surface area contributed by atoms with E-state index >= 15 is 0 Å². The molecule has 0 radical (unpaired) electrons. The number of ether oxygens (including phenoxy) is 1. The highest BCUT2D eigenvalue weighted by atomic mass is 16.5. The molecule has 4 nitrogen and oxygen atoms in total. The summed E-state index contributed by atoms with van der Waals surface area (Å²) in [6.07, 6.45) is -0.263. The van der Waals surface area contributed by atoms with Crippen LogP contribution in [-0.2, 0) is 16.0 Å². The largest absolute Gasteiger partial charge is 0.449 e. The van der Waals surface area contributed by atoms with Gasteiger partial charge in [0.15, 0.2) is 6.10 Å². The minimum absolute atomic E-state index is 0.278. The number of hydrogen-bond donors (Lipinski definition) is 0. The molecule has 28 heavy (non-hydrogen) atoms. The zero-order valence-corrected chi connectivity index (χ0v) is 16.0. The van der Waals surface area contributed by atoms with E-state index in [0.29, 0.717) is 12.0 Å². The summed E-state index contributed by atoms with van der Waals surface area (Å²) in [5.74, 6) is -0.770. The van der Waals surface area contributed by atoms with Gasteiger partial charge < -0.3 is 9.64 Å². The van der Waals surface area contributed by atoms with Gasteiger partial charge in [-0.1, -0.05) is 66.7 Å². The quantitative estimate of drug-likeness (QED) is 0.598. The molecule has 0 bridgehead atoms. The van der Waals surface area contributed by atoms with Gasteiger partial charge in [-0.15, -0.1) is 0 Å². The van der Waals surface area contributed by atoms with Crippen LogP contribution in [0.2, 0.25) is 0 Å². The first kappa shape index (κ1) is 19.4. The monoisotopic (exact) mass is 373 g/mol. The number of carbonyl (C=O) groups excluding carboxylic acids is 2. The zero-order valence-electron chi connectivity index (χ0n) is 16.0. The number of benzene rings is 3. The minimum Gasteiger partial charge on any atom is -0.449 e. The third-order valence-electron chi connectivity index (χ3n) is 4.58. The molecule has 1 amide bonds. The first-order valence-electron chi connectivity index (χ1n) is 9.21. The number of anilines is 1. The number of amides is 1. The molecule has 0 aliphatic rings. The molecule has 4 heteroatoms. The van der Waals surface area contributed by atoms with Gasteiger partial charge in [0.05, 0.1) is 5.56 Å². The highest BCUT2D eigenvalue weighted by Gasteiger charge is 2.24. The summed E-state index contributed by atoms with van der Waals surface area (Å²) in [4.78, 5) is 26.9. The molecular formula is C24H23NO3. The van der Waals surface area contributed by atoms with E-state index in [0.717, 1.165) is 16.8 Å². The summed E-state index contributed by atoms with van der Waals surface area (Å²) in [7, 11) is 1.67. The van der Waals surface area contributed by atoms with Crippen molar-refractivity contribution in [2.45, 2.75) is 19.4 Å². The second-order valence-corrected chi connectivity index (χ2v) is 6.60. The van der Waals surface area contributed by atoms with E-state index in [-0.39, 0.29) is 5.91 Å². The molecule has 1 atom stereocenters. The number of likely N-dealkylation sites (N-methyl/N-ethyl adjacent to an activating group) is 1. The van der Waals surface area contributed by atoms with Crippen LogP contribution in [0.4, 0.5) is 5.69 Å². The molecule has 3 aromatic carbocycles. The minimum atomic E-state index is -0.887. The molecule has 3 rings (SSSR count). The molecule has 0 heterocycles. The standard InChI is InChI=1S/C24H23NO3/c1-18(23(26)25(2)21-14-7-4-8-15-21)28-24(27)22-16-10-9-13-20(22)17-19-11-5-3-6-12-19/h3-16,18H,17H2,1-2H3/t18-/m1/s1. The fourth-order valence-corrected chi connectivity index (χ4v) is 3.02. The Kier molecular flexibility index (Phi) is 6.22. The molecule has 0 aliphatic heterocycles. The Hall–Kier alpha value is -3.40. The van der Waals surface area contributed by atoms with Crippen LogP contribution in [0, 0.1) is 0 Å². The lowest BCUT2D eigenvalue weighted by Gasteiger charge is -2.22. The first-order valence-corrected chi connectivity index (χ1v) is 9.21. The molecule has 0 saturated carbocycles. The van der Waals surface area contributed by atoms with Crippen molar-refractivity contribution in [3.05, 3.63) is 102 Å². The van der Waals surface area contributed by atoms with E-state index < -0.39 is 12.1 Å². The van der Waals surface area contributed by atoms with Crippen LogP contribution in [0.5, 0.6) is 0 Å². The summed E-state index contributed by atoms with van der Waals surface area (Å²) < 4.78 is 5.49. The Labute approximate surface area is 165 Å². The summed E-state index contributed by atoms with van der Waals surface area (Å²) in [5, 5.41) is 0. The van der Waals surface area contributed by atoms with Crippen LogP contribution in [0.25, 0.3) is 0 Å². The van der Waals surface area contributed by atoms with Crippen molar-refractivity contribution in [3.8, 4) is 0 Å². The molecule has 0 aliphatic carbocycles. The van der Waals surface area contributed by atoms with E-state index in [9.17, 15) is 9.59 Å². The van der Waals surface area contributed by atoms with E-state index in [1.54, 1.807) is 26.1 Å². The average Bonchev–Trinajstić information content (AvgIpc) is 2.74. The van der Waals surface area contributed by atoms with Gasteiger partial charge >= 0.3 is 5.97 Å². The molecule has 0 saturated heterocycles. The number of esters is 1. The second-order valence-electron chi connectivity index (χ2n) is 6.60. The highest BCUT2D eigenvalue weighted by Crippen LogP contribution is 2.18. The Balaban J connectivity index is 1.71. The van der Waals surface area contributed by atoms with Gasteiger partial charge in [0.2, 0.25) is 0 Å². The third kappa shape index (κ3) is 4.65. The number of rotatable bonds is 6. The maximum absolute atomic E-state index is 12.7. The summed E-state index contributed by atoms with van der Waals surface area (Å²) in [6.45, 7) is 1.60. The fraction of sp³-hybridized carbons (Fsp3) is 0.167. The lowest BCUT2D eigenvalue weighted by atomic mass is 10.00. The molecule has 142 valence electrons. The Morgan fingerprint density at radius 3 is 2.11 bits per heavy atom. The van der Waals surface area contributed by atoms with E-state index in [4.69, 9.17) is 4.74 Å². The molecule has 3 aromatic rings. The molecule has 0 aromatic heterocycles. The van der Waals surface area contributed by atoms with Crippen molar-refractivity contribution in [1.82, 2.24) is 0 Å². The normalized spacial score (nSPS) is 11.5. The van der Waals surface area contributed by atoms with Gasteiger partial charge in [-0.05, 0) is 42.7 Å². The molecule has 0 spiro atoms. The van der Waals surface area contributed by atoms with E-state index in [2.05, 4.69) is 0 Å². The molecule has 0 fully saturated rings. The third-order valence-corrected chi connectivity index (χ3v) is 4.58. The lowest BCUT2D eigenvalue weighted by Crippen LogP contribution is -2.37. The maximum Gasteiger partial charge on any atom is 0.339 e. The number of para-hydroxylation sites is 1. The Bertz CT molecular complexity index is 938. The van der Waals surface area contributed by atoms with Crippen LogP contribution < -0.4 is 4.90 Å². The van der Waals surface area contributed by atoms with Crippen LogP contribution in [0.1, 0.15) is 28.4 Å². The van der Waals surface area contributed by atoms with E-state index in [1.165, 1.54) is 4.90 Å². The predicted molar refractivity (Wildman–Crippen MR) is 110 cm³/mol. The van der Waals surface area contributed by atoms with Crippen molar-refractivity contribution in [1.29, 1.82) is 0 Å². The van der Waals surface area contributed by atoms with Crippen LogP contribution >= 0.6 is 0 Å². The topological polar surface area (TPSA) is 46.6 Å². The molecule has 0 unspecified atom stereocenters. The van der Waals surface area contributed by atoms with Crippen molar-refractivity contribution in [2.24, 2.45) is 0 Å². The number of hydrogen-bond acceptors (Lipinski definition) is 3. The van der Waals surface area contributed by atoms with Crippen molar-refractivity contribution < 1.29 is 14.3 Å². The van der Waals surface area contributed by atoms with Gasteiger partial charge in [-0.25, -0.2) is 4.79 Å². The van der Waals surface area contributed by atoms with E-state index in [1.807, 2.05) is 72.8 Å². The number of carbonyl (C=O) groups is 2. The average molecular weight is 373 g/mol. The van der Waals surface area contributed by atoms with Crippen molar-refractivity contribution in [3.63, 3.8) is 0 Å². The summed E-state index contributed by atoms with van der Waals surface area (Å²) in [6, 6.07) is 26.5. The lowest BCUT2D eigenvalue weighted by molar-refractivity contribution is -0.126. The van der Waals surface area contributed by atoms with Gasteiger partial charge in [0, 0.05) is 12.7 Å². The molecular weight excluding hydrogens is 350 g/mol. The van der Waals surface area contributed by atoms with Crippen molar-refractivity contribution >= 4 is 17.6 Å². The SMILES string of the molecule is C[C@@H](OC(=O)c1ccccc1Cc1ccccc1)C(=O)N(C)c1ccccc1. The zero-order chi connectivity index (χ0) is 19.9. The Morgan fingerprint density at radius 2 is 1.43 bits per heavy atom. The van der Waals surface area contributed by atoms with Gasteiger partial charge in [-0.2, -0.15) is 0 Å². The predicted octanol–water partition coefficient (Wildman–Crippen LogP) is 4.49. The summed E-state index contributed by atoms with van der Waals surface area (Å²) >= 11 is 0. The first-order chi connectivity index (χ1) is 13.6. The van der Waals surface area contributed by atoms with Crippen LogP contribution in [0.15, 0.2) is 84.9 Å². The van der Waals surface area contributed by atoms with Crippen LogP contribution in [0.3, 0.4) is 0 Å². The fourth-order valence-electron chi connectivity index (χ4n) is 3.02. The van der Waals surface area contributed by atoms with Crippen molar-refractivity contribution in [2.75, 3.05) is 11.9 Å². The highest BCUT2D eigenvalue weighted by molar-refractivity contribution is 5.99. The van der Waals surface area contributed by atoms with Gasteiger partial charge in [0.1, 0.15) is 0 Å². The summed E-state index contributed by atoms with van der Waals surface area (Å²) in [5.41, 5.74) is 3.21. The van der Waals surface area contributed by atoms with Gasteiger partial charge in [-0.3, -0.25) is 4.79 Å².